The lowest BCUT2D eigenvalue weighted by atomic mass is 10.4. The van der Waals surface area contributed by atoms with Gasteiger partial charge >= 0.3 is 0 Å². The van der Waals surface area contributed by atoms with Crippen LogP contribution in [0.5, 0.6) is 0 Å². The molecule has 3 rings (SSSR count). The van der Waals surface area contributed by atoms with Crippen molar-refractivity contribution < 1.29 is 4.79 Å². The van der Waals surface area contributed by atoms with E-state index in [4.69, 9.17) is 0 Å². The van der Waals surface area contributed by atoms with E-state index in [1.807, 2.05) is 60.4 Å². The minimum atomic E-state index is -2.08. The van der Waals surface area contributed by atoms with E-state index in [0.717, 1.165) is 0 Å². The van der Waals surface area contributed by atoms with E-state index in [-0.39, 0.29) is 5.78 Å². The molecule has 0 aliphatic carbocycles. The maximum atomic E-state index is 12.2. The van der Waals surface area contributed by atoms with Gasteiger partial charge in [-0.05, 0) is 35.5 Å². The van der Waals surface area contributed by atoms with Crippen LogP contribution in [0.1, 0.15) is 6.92 Å². The quantitative estimate of drug-likeness (QED) is 0.532. The van der Waals surface area contributed by atoms with Gasteiger partial charge in [0.15, 0.2) is 5.78 Å². The summed E-state index contributed by atoms with van der Waals surface area (Å²) >= 11 is 0. The lowest BCUT2D eigenvalue weighted by molar-refractivity contribution is -0.110. The van der Waals surface area contributed by atoms with Crippen molar-refractivity contribution in [2.45, 2.75) is 6.92 Å². The summed E-state index contributed by atoms with van der Waals surface area (Å²) in [5.41, 5.74) is 0. The van der Waals surface area contributed by atoms with E-state index in [1.165, 1.54) is 15.9 Å². The van der Waals surface area contributed by atoms with Crippen LogP contribution < -0.4 is 15.9 Å². The molecule has 0 aromatic heterocycles. The number of carbonyl (C=O) groups excluding carboxylic acids is 1. The molecule has 23 heavy (non-hydrogen) atoms. The average Bonchev–Trinajstić information content (AvgIpc) is 2.62. The standard InChI is InChI=1S/C21H19OP/c1-18(22)17-23(19-11-5-2-6-12-19,20-13-7-3-8-14-20)21-15-9-4-10-16-21/h2-17H,1H3/i1+1,17+1,18+1. The van der Waals surface area contributed by atoms with Crippen LogP contribution in [0.4, 0.5) is 0 Å². The number of hydrogen-bond acceptors (Lipinski definition) is 1. The molecule has 2 heteroatoms. The van der Waals surface area contributed by atoms with Crippen LogP contribution in [0.3, 0.4) is 0 Å². The highest BCUT2D eigenvalue weighted by molar-refractivity contribution is 7.95. The molecule has 0 heterocycles. The smallest absolute Gasteiger partial charge is 0.153 e. The Balaban J connectivity index is 2.43. The summed E-state index contributed by atoms with van der Waals surface area (Å²) in [7, 11) is 0. The van der Waals surface area contributed by atoms with Crippen LogP contribution >= 0.6 is 6.89 Å². The van der Waals surface area contributed by atoms with Crippen molar-refractivity contribution in [1.29, 1.82) is 0 Å². The van der Waals surface area contributed by atoms with E-state index >= 15 is 0 Å². The van der Waals surface area contributed by atoms with Gasteiger partial charge in [0, 0.05) is 0 Å². The first-order valence-corrected chi connectivity index (χ1v) is 9.51. The van der Waals surface area contributed by atoms with Crippen LogP contribution in [-0.4, -0.2) is 11.6 Å². The van der Waals surface area contributed by atoms with Crippen molar-refractivity contribution in [2.75, 3.05) is 0 Å². The van der Waals surface area contributed by atoms with E-state index in [0.29, 0.717) is 0 Å². The summed E-state index contributed by atoms with van der Waals surface area (Å²) < 4.78 is 0. The summed E-state index contributed by atoms with van der Waals surface area (Å²) in [5, 5.41) is 3.60. The molecule has 0 spiro atoms. The molecule has 0 radical (unpaired) electrons. The first-order chi connectivity index (χ1) is 11.2. The zero-order valence-corrected chi connectivity index (χ0v) is 14.0. The normalized spacial score (nSPS) is 11.0. The van der Waals surface area contributed by atoms with Crippen molar-refractivity contribution in [2.24, 2.45) is 0 Å². The highest BCUT2D eigenvalue weighted by atomic mass is 31.2. The van der Waals surface area contributed by atoms with Crippen LogP contribution in [0.2, 0.25) is 0 Å². The van der Waals surface area contributed by atoms with Crippen molar-refractivity contribution in [3.8, 4) is 0 Å². The van der Waals surface area contributed by atoms with Gasteiger partial charge in [0.2, 0.25) is 0 Å². The fourth-order valence-corrected chi connectivity index (χ4v) is 6.75. The molecule has 0 saturated carbocycles. The first-order valence-electron chi connectivity index (χ1n) is 7.65. The number of rotatable bonds is 4. The maximum Gasteiger partial charge on any atom is 0.153 e. The van der Waals surface area contributed by atoms with Gasteiger partial charge in [-0.3, -0.25) is 4.79 Å². The van der Waals surface area contributed by atoms with Gasteiger partial charge in [-0.15, -0.1) is 0 Å². The van der Waals surface area contributed by atoms with Gasteiger partial charge in [-0.25, -0.2) is 0 Å². The Bertz CT molecular complexity index is 733. The number of hydrogen-bond donors (Lipinski definition) is 0. The summed E-state index contributed by atoms with van der Waals surface area (Å²) in [6.07, 6.45) is 0. The molecule has 114 valence electrons. The van der Waals surface area contributed by atoms with Crippen molar-refractivity contribution in [1.82, 2.24) is 0 Å². The Labute approximate surface area is 137 Å². The monoisotopic (exact) mass is 321 g/mol. The molecule has 0 saturated heterocycles. The molecule has 3 aromatic carbocycles. The number of ketones is 1. The Morgan fingerprint density at radius 3 is 1.22 bits per heavy atom. The summed E-state index contributed by atoms with van der Waals surface area (Å²) in [6.45, 7) is -0.441. The molecular formula is C21H19OP. The predicted molar refractivity (Wildman–Crippen MR) is 102 cm³/mol. The highest BCUT2D eigenvalue weighted by Crippen LogP contribution is 2.43. The second-order valence-electron chi connectivity index (χ2n) is 5.47. The second-order valence-corrected chi connectivity index (χ2v) is 8.72. The molecule has 0 bridgehead atoms. The molecule has 0 amide bonds. The Morgan fingerprint density at radius 1 is 0.652 bits per heavy atom. The number of Topliss-reactive ketones (excluding diaryl/α,β-unsaturated/α-hetero) is 1. The molecule has 0 fully saturated rings. The molecule has 0 atom stereocenters. The third-order valence-electron chi connectivity index (χ3n) is 3.87. The van der Waals surface area contributed by atoms with Gasteiger partial charge in [-0.1, -0.05) is 91.0 Å². The predicted octanol–water partition coefficient (Wildman–Crippen LogP) is 3.37. The molecule has 0 aliphatic rings. The van der Waals surface area contributed by atoms with Crippen molar-refractivity contribution in [3.05, 3.63) is 91.0 Å². The van der Waals surface area contributed by atoms with Crippen LogP contribution in [-0.2, 0) is 4.79 Å². The van der Waals surface area contributed by atoms with E-state index < -0.39 is 6.89 Å². The third-order valence-corrected chi connectivity index (χ3v) is 7.95. The van der Waals surface area contributed by atoms with Crippen molar-refractivity contribution >= 4 is 34.4 Å². The Kier molecular flexibility index (Phi) is 4.60. The maximum absolute atomic E-state index is 12.2. The van der Waals surface area contributed by atoms with E-state index in [9.17, 15) is 4.79 Å². The molecule has 0 aliphatic heterocycles. The fraction of sp³-hybridized carbons (Fsp3) is 0.0476. The minimum absolute atomic E-state index is 0.106. The van der Waals surface area contributed by atoms with E-state index in [2.05, 4.69) is 36.4 Å². The molecule has 3 aromatic rings. The number of benzene rings is 3. The van der Waals surface area contributed by atoms with Gasteiger partial charge in [0.1, 0.15) is 0 Å². The molecule has 1 nitrogen and oxygen atoms in total. The summed E-state index contributed by atoms with van der Waals surface area (Å²) in [6, 6.07) is 31.1. The van der Waals surface area contributed by atoms with Crippen molar-refractivity contribution in [3.63, 3.8) is 0 Å². The largest absolute Gasteiger partial charge is 0.295 e. The Hall–Kier alpha value is -2.37. The third kappa shape index (κ3) is 3.06. The van der Waals surface area contributed by atoms with Gasteiger partial charge in [0.25, 0.3) is 0 Å². The molecule has 0 N–H and O–H groups in total. The zero-order chi connectivity index (χ0) is 16.1. The lowest BCUT2D eigenvalue weighted by Gasteiger charge is -2.28. The molecule has 0 unspecified atom stereocenters. The summed E-state index contributed by atoms with van der Waals surface area (Å²) in [4.78, 5) is 12.2. The molecular weight excluding hydrogens is 302 g/mol. The topological polar surface area (TPSA) is 17.1 Å². The second kappa shape index (κ2) is 6.81. The number of carbonyl (C=O) groups is 1. The first kappa shape index (κ1) is 15.5. The fourth-order valence-electron chi connectivity index (χ4n) is 2.93. The van der Waals surface area contributed by atoms with Gasteiger partial charge in [-0.2, -0.15) is 0 Å². The van der Waals surface area contributed by atoms with Gasteiger partial charge in [0.05, 0.1) is 0 Å². The van der Waals surface area contributed by atoms with E-state index in [1.54, 1.807) is 6.92 Å². The zero-order valence-electron chi connectivity index (χ0n) is 13.1. The lowest BCUT2D eigenvalue weighted by Crippen LogP contribution is -2.28. The Morgan fingerprint density at radius 2 is 0.957 bits per heavy atom. The van der Waals surface area contributed by atoms with Crippen LogP contribution in [0.25, 0.3) is 0 Å². The van der Waals surface area contributed by atoms with Crippen LogP contribution in [0, 0.1) is 0 Å². The highest BCUT2D eigenvalue weighted by Gasteiger charge is 2.25. The summed E-state index contributed by atoms with van der Waals surface area (Å²) in [5.74, 6) is 2.04. The average molecular weight is 321 g/mol. The minimum Gasteiger partial charge on any atom is -0.295 e. The van der Waals surface area contributed by atoms with Gasteiger partial charge < -0.3 is 0 Å². The van der Waals surface area contributed by atoms with Crippen LogP contribution in [0.15, 0.2) is 91.0 Å². The SMILES string of the molecule is [13CH3][13C](=O)[13CH]=P(c1ccccc1)(c1ccccc1)c1ccccc1.